The van der Waals surface area contributed by atoms with E-state index in [0.29, 0.717) is 5.92 Å². The van der Waals surface area contributed by atoms with Gasteiger partial charge in [0, 0.05) is 0 Å². The Hall–Kier alpha value is -1.36. The third-order valence-corrected chi connectivity index (χ3v) is 8.86. The maximum Gasteiger partial charge on any atom is 0.141 e. The molecule has 3 fully saturated rings. The monoisotopic (exact) mass is 409 g/mol. The SMILES string of the molecule is N#Cc1ccc(C2CCC(C3CCC(CCCCC4CCCC4)CC3)CC2)cc1F. The Morgan fingerprint density at radius 2 is 1.33 bits per heavy atom. The summed E-state index contributed by atoms with van der Waals surface area (Å²) in [7, 11) is 0. The van der Waals surface area contributed by atoms with Gasteiger partial charge in [0.25, 0.3) is 0 Å². The highest BCUT2D eigenvalue weighted by molar-refractivity contribution is 5.34. The molecular formula is C28H40FN. The fourth-order valence-corrected chi connectivity index (χ4v) is 6.91. The summed E-state index contributed by atoms with van der Waals surface area (Å²) < 4.78 is 14.0. The van der Waals surface area contributed by atoms with Gasteiger partial charge in [-0.25, -0.2) is 4.39 Å². The van der Waals surface area contributed by atoms with E-state index in [2.05, 4.69) is 0 Å². The Labute approximate surface area is 183 Å². The first-order valence-corrected chi connectivity index (χ1v) is 12.9. The van der Waals surface area contributed by atoms with E-state index >= 15 is 0 Å². The van der Waals surface area contributed by atoms with Gasteiger partial charge in [-0.05, 0) is 85.8 Å². The summed E-state index contributed by atoms with van der Waals surface area (Å²) >= 11 is 0. The minimum atomic E-state index is -0.348. The predicted molar refractivity (Wildman–Crippen MR) is 122 cm³/mol. The lowest BCUT2D eigenvalue weighted by molar-refractivity contribution is 0.155. The zero-order chi connectivity index (χ0) is 20.8. The first kappa shape index (κ1) is 21.9. The molecule has 0 unspecified atom stereocenters. The topological polar surface area (TPSA) is 23.8 Å². The van der Waals surface area contributed by atoms with Crippen molar-refractivity contribution in [2.24, 2.45) is 23.7 Å². The van der Waals surface area contributed by atoms with Gasteiger partial charge in [-0.1, -0.05) is 70.3 Å². The van der Waals surface area contributed by atoms with Crippen LogP contribution in [0.2, 0.25) is 0 Å². The maximum atomic E-state index is 14.0. The van der Waals surface area contributed by atoms with E-state index in [1.807, 2.05) is 12.1 Å². The summed E-state index contributed by atoms with van der Waals surface area (Å²) in [5.74, 6) is 4.05. The molecule has 1 nitrogen and oxygen atoms in total. The molecule has 2 heteroatoms. The van der Waals surface area contributed by atoms with Crippen LogP contribution in [0, 0.1) is 40.8 Å². The van der Waals surface area contributed by atoms with Crippen molar-refractivity contribution in [3.05, 3.63) is 35.1 Å². The van der Waals surface area contributed by atoms with Gasteiger partial charge >= 0.3 is 0 Å². The van der Waals surface area contributed by atoms with Crippen LogP contribution in [0.1, 0.15) is 120 Å². The summed E-state index contributed by atoms with van der Waals surface area (Å²) in [6.45, 7) is 0. The molecule has 0 radical (unpaired) electrons. The van der Waals surface area contributed by atoms with Crippen LogP contribution in [0.15, 0.2) is 18.2 Å². The molecule has 0 heterocycles. The largest absolute Gasteiger partial charge is 0.206 e. The fraction of sp³-hybridized carbons (Fsp3) is 0.750. The molecule has 0 aliphatic heterocycles. The van der Waals surface area contributed by atoms with Gasteiger partial charge in [0.1, 0.15) is 11.9 Å². The van der Waals surface area contributed by atoms with Crippen LogP contribution in [0.3, 0.4) is 0 Å². The lowest BCUT2D eigenvalue weighted by Gasteiger charge is -2.38. The Morgan fingerprint density at radius 3 is 1.90 bits per heavy atom. The Morgan fingerprint density at radius 1 is 0.767 bits per heavy atom. The van der Waals surface area contributed by atoms with Crippen molar-refractivity contribution in [1.29, 1.82) is 5.26 Å². The smallest absolute Gasteiger partial charge is 0.141 e. The van der Waals surface area contributed by atoms with E-state index in [9.17, 15) is 4.39 Å². The molecule has 1 aromatic carbocycles. The number of benzene rings is 1. The van der Waals surface area contributed by atoms with Crippen LogP contribution in [0.4, 0.5) is 4.39 Å². The maximum absolute atomic E-state index is 14.0. The average Bonchev–Trinajstić information content (AvgIpc) is 3.31. The summed E-state index contributed by atoms with van der Waals surface area (Å²) in [4.78, 5) is 0. The van der Waals surface area contributed by atoms with Gasteiger partial charge in [-0.3, -0.25) is 0 Å². The van der Waals surface area contributed by atoms with Crippen molar-refractivity contribution in [3.8, 4) is 6.07 Å². The van der Waals surface area contributed by atoms with Gasteiger partial charge < -0.3 is 0 Å². The minimum absolute atomic E-state index is 0.169. The fourth-order valence-electron chi connectivity index (χ4n) is 6.91. The van der Waals surface area contributed by atoms with Crippen LogP contribution in [-0.2, 0) is 0 Å². The Kier molecular flexibility index (Phi) is 7.86. The zero-order valence-corrected chi connectivity index (χ0v) is 18.8. The van der Waals surface area contributed by atoms with Crippen LogP contribution < -0.4 is 0 Å². The van der Waals surface area contributed by atoms with E-state index in [1.165, 1.54) is 103 Å². The second-order valence-electron chi connectivity index (χ2n) is 10.7. The number of hydrogen-bond acceptors (Lipinski definition) is 1. The van der Waals surface area contributed by atoms with E-state index in [1.54, 1.807) is 12.1 Å². The van der Waals surface area contributed by atoms with Crippen molar-refractivity contribution in [1.82, 2.24) is 0 Å². The summed E-state index contributed by atoms with van der Waals surface area (Å²) in [6.07, 6.45) is 22.8. The molecule has 1 aromatic rings. The zero-order valence-electron chi connectivity index (χ0n) is 18.8. The van der Waals surface area contributed by atoms with E-state index in [4.69, 9.17) is 5.26 Å². The minimum Gasteiger partial charge on any atom is -0.206 e. The van der Waals surface area contributed by atoms with Crippen LogP contribution >= 0.6 is 0 Å². The van der Waals surface area contributed by atoms with Crippen LogP contribution in [-0.4, -0.2) is 0 Å². The normalized spacial score (nSPS) is 30.3. The third-order valence-electron chi connectivity index (χ3n) is 8.86. The first-order chi connectivity index (χ1) is 14.7. The van der Waals surface area contributed by atoms with Crippen molar-refractivity contribution in [2.45, 2.75) is 109 Å². The molecule has 164 valence electrons. The molecule has 0 spiro atoms. The molecular weight excluding hydrogens is 369 g/mol. The number of hydrogen-bond donors (Lipinski definition) is 0. The highest BCUT2D eigenvalue weighted by Gasteiger charge is 2.31. The first-order valence-electron chi connectivity index (χ1n) is 12.9. The Balaban J connectivity index is 1.14. The molecule has 0 bridgehead atoms. The van der Waals surface area contributed by atoms with Crippen LogP contribution in [0.25, 0.3) is 0 Å². The summed E-state index contributed by atoms with van der Waals surface area (Å²) in [5, 5.41) is 8.93. The van der Waals surface area contributed by atoms with Crippen molar-refractivity contribution in [3.63, 3.8) is 0 Å². The van der Waals surface area contributed by atoms with Crippen LogP contribution in [0.5, 0.6) is 0 Å². The highest BCUT2D eigenvalue weighted by atomic mass is 19.1. The van der Waals surface area contributed by atoms with E-state index in [-0.39, 0.29) is 11.4 Å². The number of nitriles is 1. The second kappa shape index (κ2) is 10.8. The van der Waals surface area contributed by atoms with E-state index in [0.717, 1.165) is 29.2 Å². The standard InChI is InChI=1S/C28H40FN/c29-28-19-26(17-18-27(28)20-30)25-15-13-24(14-16-25)23-11-9-22(10-12-23)8-4-3-7-21-5-1-2-6-21/h17-19,21-25H,1-16H2. The number of unbranched alkanes of at least 4 members (excludes halogenated alkanes) is 1. The quantitative estimate of drug-likeness (QED) is 0.414. The number of halogens is 1. The number of nitrogens with zero attached hydrogens (tertiary/aromatic N) is 1. The summed E-state index contributed by atoms with van der Waals surface area (Å²) in [6, 6.07) is 7.18. The van der Waals surface area contributed by atoms with E-state index < -0.39 is 0 Å². The molecule has 0 amide bonds. The molecule has 3 saturated carbocycles. The number of rotatable bonds is 7. The lowest BCUT2D eigenvalue weighted by Crippen LogP contribution is -2.25. The molecule has 3 aliphatic carbocycles. The highest BCUT2D eigenvalue weighted by Crippen LogP contribution is 2.44. The summed E-state index contributed by atoms with van der Waals surface area (Å²) in [5.41, 5.74) is 1.27. The average molecular weight is 410 g/mol. The van der Waals surface area contributed by atoms with Gasteiger partial charge in [0.05, 0.1) is 5.56 Å². The molecule has 0 aromatic heterocycles. The van der Waals surface area contributed by atoms with Gasteiger partial charge in [-0.2, -0.15) is 5.26 Å². The van der Waals surface area contributed by atoms with Crippen molar-refractivity contribution < 1.29 is 4.39 Å². The molecule has 30 heavy (non-hydrogen) atoms. The van der Waals surface area contributed by atoms with Gasteiger partial charge in [0.15, 0.2) is 0 Å². The lowest BCUT2D eigenvalue weighted by atomic mass is 9.68. The van der Waals surface area contributed by atoms with Gasteiger partial charge in [-0.15, -0.1) is 0 Å². The molecule has 3 aliphatic rings. The predicted octanol–water partition coefficient (Wildman–Crippen LogP) is 8.53. The molecule has 4 rings (SSSR count). The van der Waals surface area contributed by atoms with Crippen molar-refractivity contribution >= 4 is 0 Å². The molecule has 0 atom stereocenters. The third kappa shape index (κ3) is 5.66. The molecule has 0 N–H and O–H groups in total. The molecule has 0 saturated heterocycles. The Bertz CT molecular complexity index is 698. The van der Waals surface area contributed by atoms with Gasteiger partial charge in [0.2, 0.25) is 0 Å². The van der Waals surface area contributed by atoms with Crippen molar-refractivity contribution in [2.75, 3.05) is 0 Å². The second-order valence-corrected chi connectivity index (χ2v) is 10.7.